The summed E-state index contributed by atoms with van der Waals surface area (Å²) in [4.78, 5) is 25.8. The topological polar surface area (TPSA) is 101 Å². The summed E-state index contributed by atoms with van der Waals surface area (Å²) in [6.07, 6.45) is -0.694. The van der Waals surface area contributed by atoms with Crippen LogP contribution in [-0.4, -0.2) is 42.9 Å². The van der Waals surface area contributed by atoms with Crippen molar-refractivity contribution in [3.63, 3.8) is 0 Å². The van der Waals surface area contributed by atoms with Gasteiger partial charge in [0.1, 0.15) is 5.78 Å². The monoisotopic (exact) mass is 455 g/mol. The number of ether oxygens (including phenoxy) is 1. The van der Waals surface area contributed by atoms with Crippen LogP contribution in [0.3, 0.4) is 0 Å². The molecule has 1 spiro atoms. The van der Waals surface area contributed by atoms with E-state index in [4.69, 9.17) is 4.74 Å². The number of rotatable bonds is 4. The SMILES string of the molecule is COC(=O)C1=C(c2ccccc2)N(S(=O)(=O)c2ccc(C)cc2)[C@@H](O)[C@]2(CCCC2=O)C1. The molecule has 1 N–H and O–H groups in total. The maximum absolute atomic E-state index is 13.9. The van der Waals surface area contributed by atoms with Crippen LogP contribution in [0.4, 0.5) is 0 Å². The van der Waals surface area contributed by atoms with Gasteiger partial charge in [-0.25, -0.2) is 17.5 Å². The van der Waals surface area contributed by atoms with Gasteiger partial charge in [-0.2, -0.15) is 0 Å². The van der Waals surface area contributed by atoms with E-state index < -0.39 is 27.6 Å². The lowest BCUT2D eigenvalue weighted by Gasteiger charge is -2.45. The van der Waals surface area contributed by atoms with Crippen LogP contribution in [0.15, 0.2) is 65.1 Å². The van der Waals surface area contributed by atoms with Crippen LogP contribution in [0.2, 0.25) is 0 Å². The van der Waals surface area contributed by atoms with E-state index >= 15 is 0 Å². The molecular formula is C24H25NO6S. The number of aryl methyl sites for hydroxylation is 1. The Bertz CT molecular complexity index is 1190. The molecule has 0 aromatic heterocycles. The summed E-state index contributed by atoms with van der Waals surface area (Å²) in [5, 5.41) is 11.5. The van der Waals surface area contributed by atoms with Gasteiger partial charge < -0.3 is 9.84 Å². The van der Waals surface area contributed by atoms with Crippen LogP contribution in [0.5, 0.6) is 0 Å². The number of benzene rings is 2. The average molecular weight is 456 g/mol. The lowest BCUT2D eigenvalue weighted by molar-refractivity contribution is -0.141. The first-order valence-corrected chi connectivity index (χ1v) is 11.9. The molecule has 1 heterocycles. The summed E-state index contributed by atoms with van der Waals surface area (Å²) < 4.78 is 33.6. The predicted octanol–water partition coefficient (Wildman–Crippen LogP) is 3.03. The average Bonchev–Trinajstić information content (AvgIpc) is 3.16. The molecule has 0 radical (unpaired) electrons. The van der Waals surface area contributed by atoms with Gasteiger partial charge in [0.05, 0.1) is 28.7 Å². The number of nitrogens with zero attached hydrogens (tertiary/aromatic N) is 1. The van der Waals surface area contributed by atoms with E-state index in [2.05, 4.69) is 0 Å². The van der Waals surface area contributed by atoms with E-state index in [0.29, 0.717) is 12.0 Å². The molecule has 1 aliphatic heterocycles. The van der Waals surface area contributed by atoms with Crippen molar-refractivity contribution < 1.29 is 27.9 Å². The summed E-state index contributed by atoms with van der Waals surface area (Å²) in [6.45, 7) is 1.84. The summed E-state index contributed by atoms with van der Waals surface area (Å²) in [5.74, 6) is -0.971. The first kappa shape index (κ1) is 22.2. The lowest BCUT2D eigenvalue weighted by atomic mass is 9.74. The molecule has 0 bridgehead atoms. The predicted molar refractivity (Wildman–Crippen MR) is 117 cm³/mol. The van der Waals surface area contributed by atoms with E-state index in [1.54, 1.807) is 42.5 Å². The minimum Gasteiger partial charge on any atom is -0.466 e. The third kappa shape index (κ3) is 3.43. The maximum atomic E-state index is 13.9. The van der Waals surface area contributed by atoms with Gasteiger partial charge in [0.25, 0.3) is 10.0 Å². The Kier molecular flexibility index (Phi) is 5.68. The highest BCUT2D eigenvalue weighted by Gasteiger charge is 2.57. The van der Waals surface area contributed by atoms with Crippen molar-refractivity contribution in [3.05, 3.63) is 71.3 Å². The largest absolute Gasteiger partial charge is 0.466 e. The van der Waals surface area contributed by atoms with Gasteiger partial charge in [-0.05, 0) is 43.9 Å². The molecule has 1 fully saturated rings. The fourth-order valence-electron chi connectivity index (χ4n) is 4.65. The van der Waals surface area contributed by atoms with Crippen molar-refractivity contribution >= 4 is 27.5 Å². The first-order chi connectivity index (χ1) is 15.2. The number of carbonyl (C=O) groups excluding carboxylic acids is 2. The number of ketones is 1. The molecule has 2 atom stereocenters. The Morgan fingerprint density at radius 1 is 1.12 bits per heavy atom. The Balaban J connectivity index is 2.03. The van der Waals surface area contributed by atoms with E-state index in [1.807, 2.05) is 6.92 Å². The Labute approximate surface area is 187 Å². The molecule has 1 aliphatic carbocycles. The van der Waals surface area contributed by atoms with Gasteiger partial charge in [0.2, 0.25) is 0 Å². The normalized spacial score (nSPS) is 23.7. The number of carbonyl (C=O) groups is 2. The van der Waals surface area contributed by atoms with Gasteiger partial charge in [-0.15, -0.1) is 0 Å². The van der Waals surface area contributed by atoms with Crippen LogP contribution in [0.1, 0.15) is 36.8 Å². The van der Waals surface area contributed by atoms with E-state index in [-0.39, 0.29) is 41.2 Å². The van der Waals surface area contributed by atoms with Crippen LogP contribution in [0, 0.1) is 12.3 Å². The molecule has 2 aliphatic rings. The minimum absolute atomic E-state index is 0.0378. The smallest absolute Gasteiger partial charge is 0.335 e. The van der Waals surface area contributed by atoms with E-state index in [0.717, 1.165) is 9.87 Å². The van der Waals surface area contributed by atoms with Crippen molar-refractivity contribution in [3.8, 4) is 0 Å². The van der Waals surface area contributed by atoms with Crippen molar-refractivity contribution in [2.75, 3.05) is 7.11 Å². The second-order valence-corrected chi connectivity index (χ2v) is 10.1. The highest BCUT2D eigenvalue weighted by atomic mass is 32.2. The Hall–Kier alpha value is -2.97. The van der Waals surface area contributed by atoms with Crippen LogP contribution in [-0.2, 0) is 24.3 Å². The standard InChI is InChI=1S/C24H25NO6S/c1-16-10-12-18(13-11-16)32(29,30)25-21(17-7-4-3-5-8-17)19(22(27)31-2)15-24(23(25)28)14-6-9-20(24)26/h3-5,7-8,10-13,23,28H,6,9,14-15H2,1-2H3/t23-,24+/m0/s1. The molecule has 7 nitrogen and oxygen atoms in total. The summed E-state index contributed by atoms with van der Waals surface area (Å²) in [6, 6.07) is 14.7. The molecule has 1 saturated carbocycles. The fraction of sp³-hybridized carbons (Fsp3) is 0.333. The maximum Gasteiger partial charge on any atom is 0.335 e. The number of Topliss-reactive ketones (excluding diaryl/α,β-unsaturated/α-hetero) is 1. The number of aliphatic hydroxyl groups excluding tert-OH is 1. The summed E-state index contributed by atoms with van der Waals surface area (Å²) in [7, 11) is -3.11. The number of methoxy groups -OCH3 is 1. The van der Waals surface area contributed by atoms with Gasteiger partial charge in [0.15, 0.2) is 6.23 Å². The third-order valence-corrected chi connectivity index (χ3v) is 8.12. The molecule has 2 aromatic carbocycles. The van der Waals surface area contributed by atoms with Gasteiger partial charge in [-0.3, -0.25) is 4.79 Å². The van der Waals surface area contributed by atoms with Crippen LogP contribution in [0.25, 0.3) is 5.70 Å². The first-order valence-electron chi connectivity index (χ1n) is 10.4. The van der Waals surface area contributed by atoms with E-state index in [1.165, 1.54) is 19.2 Å². The Morgan fingerprint density at radius 2 is 1.78 bits per heavy atom. The van der Waals surface area contributed by atoms with Crippen LogP contribution < -0.4 is 0 Å². The number of sulfonamides is 1. The quantitative estimate of drug-likeness (QED) is 0.712. The number of esters is 1. The molecule has 168 valence electrons. The molecule has 32 heavy (non-hydrogen) atoms. The van der Waals surface area contributed by atoms with Gasteiger partial charge in [0, 0.05) is 6.42 Å². The van der Waals surface area contributed by atoms with Gasteiger partial charge >= 0.3 is 5.97 Å². The van der Waals surface area contributed by atoms with Crippen molar-refractivity contribution in [2.24, 2.45) is 5.41 Å². The molecule has 0 amide bonds. The van der Waals surface area contributed by atoms with E-state index in [9.17, 15) is 23.1 Å². The lowest BCUT2D eigenvalue weighted by Crippen LogP contribution is -2.55. The molecule has 4 rings (SSSR count). The highest BCUT2D eigenvalue weighted by Crippen LogP contribution is 2.52. The molecular weight excluding hydrogens is 430 g/mol. The second kappa shape index (κ2) is 8.18. The zero-order valence-electron chi connectivity index (χ0n) is 17.9. The zero-order chi connectivity index (χ0) is 23.1. The Morgan fingerprint density at radius 3 is 2.34 bits per heavy atom. The van der Waals surface area contributed by atoms with Crippen molar-refractivity contribution in [1.29, 1.82) is 0 Å². The molecule has 0 unspecified atom stereocenters. The van der Waals surface area contributed by atoms with Crippen LogP contribution >= 0.6 is 0 Å². The summed E-state index contributed by atoms with van der Waals surface area (Å²) in [5.41, 5.74) is 0.0212. The zero-order valence-corrected chi connectivity index (χ0v) is 18.8. The van der Waals surface area contributed by atoms with Crippen molar-refractivity contribution in [1.82, 2.24) is 4.31 Å². The minimum atomic E-state index is -4.32. The third-order valence-electron chi connectivity index (χ3n) is 6.35. The molecule has 2 aromatic rings. The highest BCUT2D eigenvalue weighted by molar-refractivity contribution is 7.89. The number of hydrogen-bond acceptors (Lipinski definition) is 6. The fourth-order valence-corrected chi connectivity index (χ4v) is 6.28. The molecule has 0 saturated heterocycles. The van der Waals surface area contributed by atoms with Crippen molar-refractivity contribution in [2.45, 2.75) is 43.7 Å². The second-order valence-electron chi connectivity index (χ2n) is 8.28. The number of hydrogen-bond donors (Lipinski definition) is 1. The number of aliphatic hydroxyl groups is 1. The van der Waals surface area contributed by atoms with Gasteiger partial charge in [-0.1, -0.05) is 48.0 Å². The summed E-state index contributed by atoms with van der Waals surface area (Å²) >= 11 is 0. The molecule has 8 heteroatoms.